The van der Waals surface area contributed by atoms with Gasteiger partial charge >= 0.3 is 18.9 Å². The van der Waals surface area contributed by atoms with Gasteiger partial charge in [-0.15, -0.1) is 0 Å². The third-order valence-corrected chi connectivity index (χ3v) is 6.02. The van der Waals surface area contributed by atoms with Crippen LogP contribution in [0.1, 0.15) is 47.0 Å². The molecule has 0 bridgehead atoms. The summed E-state index contributed by atoms with van der Waals surface area (Å²) in [6, 6.07) is 6.85. The maximum atomic E-state index is 16.1. The molecule has 31 heavy (non-hydrogen) atoms. The highest BCUT2D eigenvalue weighted by molar-refractivity contribution is 6.62. The van der Waals surface area contributed by atoms with E-state index in [0.717, 1.165) is 8.96 Å². The highest BCUT2D eigenvalue weighted by Gasteiger charge is 2.57. The van der Waals surface area contributed by atoms with Crippen LogP contribution in [0.15, 0.2) is 24.3 Å². The second-order valence-electron chi connectivity index (χ2n) is 7.62. The van der Waals surface area contributed by atoms with Crippen molar-refractivity contribution in [3.8, 4) is 0 Å². The van der Waals surface area contributed by atoms with E-state index in [4.69, 9.17) is 9.47 Å². The van der Waals surface area contributed by atoms with Gasteiger partial charge in [-0.25, -0.2) is 4.79 Å². The number of nitrogens with zero attached hydrogens (tertiary/aromatic N) is 2. The van der Waals surface area contributed by atoms with Gasteiger partial charge in [-0.1, -0.05) is 12.1 Å². The highest BCUT2D eigenvalue weighted by atomic mass is 19.2. The third-order valence-electron chi connectivity index (χ3n) is 6.02. The summed E-state index contributed by atoms with van der Waals surface area (Å²) in [4.78, 5) is 24.3. The number of carbonyl (C=O) groups is 2. The molecule has 0 amide bonds. The summed E-state index contributed by atoms with van der Waals surface area (Å²) in [6.45, 7) is 0.746. The minimum Gasteiger partial charge on any atom is -0.469 e. The van der Waals surface area contributed by atoms with E-state index in [-0.39, 0.29) is 24.4 Å². The van der Waals surface area contributed by atoms with Gasteiger partial charge < -0.3 is 27.1 Å². The van der Waals surface area contributed by atoms with Crippen LogP contribution in [0.5, 0.6) is 0 Å². The summed E-state index contributed by atoms with van der Waals surface area (Å²) >= 11 is 0. The summed E-state index contributed by atoms with van der Waals surface area (Å²) in [5.74, 6) is -1.18. The number of benzene rings is 1. The van der Waals surface area contributed by atoms with Crippen molar-refractivity contribution in [2.45, 2.75) is 33.6 Å². The van der Waals surface area contributed by atoms with Crippen molar-refractivity contribution in [2.24, 2.45) is 0 Å². The Morgan fingerprint density at radius 1 is 1.16 bits per heavy atom. The molecule has 2 aliphatic heterocycles. The lowest BCUT2D eigenvalue weighted by Crippen LogP contribution is -2.51. The average Bonchev–Trinajstić information content (AvgIpc) is 3.20. The van der Waals surface area contributed by atoms with E-state index in [1.165, 1.54) is 7.11 Å². The monoisotopic (exact) mass is 428 g/mol. The number of aromatic nitrogens is 1. The van der Waals surface area contributed by atoms with Crippen LogP contribution in [0.25, 0.3) is 11.8 Å². The van der Waals surface area contributed by atoms with Crippen molar-refractivity contribution in [2.75, 3.05) is 13.7 Å². The summed E-state index contributed by atoms with van der Waals surface area (Å²) in [5.41, 5.74) is 3.25. The van der Waals surface area contributed by atoms with Crippen LogP contribution in [-0.4, -0.2) is 47.3 Å². The van der Waals surface area contributed by atoms with Gasteiger partial charge in [0.2, 0.25) is 0 Å². The molecular weight excluding hydrogens is 405 g/mol. The van der Waals surface area contributed by atoms with Crippen LogP contribution in [0, 0.1) is 13.8 Å². The van der Waals surface area contributed by atoms with Crippen LogP contribution >= 0.6 is 0 Å². The van der Waals surface area contributed by atoms with Gasteiger partial charge in [0.25, 0.3) is 5.71 Å². The quantitative estimate of drug-likeness (QED) is 0.542. The first-order chi connectivity index (χ1) is 14.7. The van der Waals surface area contributed by atoms with Crippen LogP contribution in [0.3, 0.4) is 0 Å². The summed E-state index contributed by atoms with van der Waals surface area (Å²) in [5, 5.41) is 0. The zero-order valence-corrected chi connectivity index (χ0v) is 17.9. The predicted molar refractivity (Wildman–Crippen MR) is 113 cm³/mol. The fourth-order valence-corrected chi connectivity index (χ4v) is 4.62. The molecule has 0 aliphatic carbocycles. The number of hydrogen-bond donors (Lipinski definition) is 0. The Labute approximate surface area is 178 Å². The topological polar surface area (TPSA) is 60.5 Å². The third kappa shape index (κ3) is 3.02. The van der Waals surface area contributed by atoms with E-state index in [0.29, 0.717) is 40.1 Å². The summed E-state index contributed by atoms with van der Waals surface area (Å²) < 4.78 is 43.8. The van der Waals surface area contributed by atoms with Crippen LogP contribution < -0.4 is 0 Å². The van der Waals surface area contributed by atoms with E-state index in [1.807, 2.05) is 0 Å². The molecule has 2 aliphatic rings. The minimum absolute atomic E-state index is 0.0839. The Hall–Kier alpha value is -3.23. The van der Waals surface area contributed by atoms with Crippen LogP contribution in [0.4, 0.5) is 8.63 Å². The van der Waals surface area contributed by atoms with Gasteiger partial charge in [0.1, 0.15) is 0 Å². The van der Waals surface area contributed by atoms with Gasteiger partial charge in [-0.2, -0.15) is 0 Å². The highest BCUT2D eigenvalue weighted by Crippen LogP contribution is 2.42. The molecule has 4 rings (SSSR count). The molecule has 0 spiro atoms. The molecular formula is C22H23BF2N2O4. The molecule has 0 unspecified atom stereocenters. The second-order valence-corrected chi connectivity index (χ2v) is 7.62. The molecule has 3 heterocycles. The zero-order valence-electron chi connectivity index (χ0n) is 17.9. The average molecular weight is 428 g/mol. The Kier molecular flexibility index (Phi) is 5.07. The standard InChI is InChI=1S/C22H23BF2N2O4/c1-5-31-22(29)21-17-9-7-6-8-16(17)19-12-18-13(2)15(10-11-20(28)30-4)14(3)26(18)23(24,25)27(19)21/h6-9,12H,5,10-11H2,1-4H3. The molecule has 1 aromatic heterocycles. The molecule has 0 atom stereocenters. The van der Waals surface area contributed by atoms with Crippen LogP contribution in [0.2, 0.25) is 0 Å². The first-order valence-corrected chi connectivity index (χ1v) is 10.2. The number of carbonyl (C=O) groups excluding carboxylic acids is 2. The maximum absolute atomic E-state index is 16.1. The van der Waals surface area contributed by atoms with Gasteiger partial charge in [-0.3, -0.25) is 4.79 Å². The van der Waals surface area contributed by atoms with Crippen molar-refractivity contribution >= 4 is 36.4 Å². The molecule has 2 aromatic rings. The fourth-order valence-electron chi connectivity index (χ4n) is 4.62. The molecule has 0 saturated carbocycles. The van der Waals surface area contributed by atoms with Gasteiger partial charge in [0, 0.05) is 18.2 Å². The summed E-state index contributed by atoms with van der Waals surface area (Å²) in [7, 11) is 1.30. The van der Waals surface area contributed by atoms with Crippen molar-refractivity contribution in [1.82, 2.24) is 4.48 Å². The van der Waals surface area contributed by atoms with Crippen molar-refractivity contribution in [3.05, 3.63) is 57.9 Å². The Bertz CT molecular complexity index is 1180. The van der Waals surface area contributed by atoms with E-state index in [1.54, 1.807) is 51.1 Å². The van der Waals surface area contributed by atoms with Crippen LogP contribution in [-0.2, 0) is 25.5 Å². The van der Waals surface area contributed by atoms with E-state index >= 15 is 8.63 Å². The number of fused-ring (bicyclic) bond motifs is 4. The minimum atomic E-state index is -4.37. The van der Waals surface area contributed by atoms with Crippen molar-refractivity contribution < 1.29 is 32.2 Å². The molecule has 0 fully saturated rings. The molecule has 162 valence electrons. The SMILES string of the molecule is CCOC(=O)C1=[N+]2C(=Cc3c(C)c(CCC(=O)OC)c(C)n3[B-]2(F)F)c2ccccc21. The zero-order chi connectivity index (χ0) is 22.5. The smallest absolute Gasteiger partial charge is 0.469 e. The normalized spacial score (nSPS) is 15.7. The molecule has 1 aromatic carbocycles. The number of halogens is 2. The lowest BCUT2D eigenvalue weighted by molar-refractivity contribution is -0.318. The Morgan fingerprint density at radius 2 is 1.84 bits per heavy atom. The Balaban J connectivity index is 1.95. The lowest BCUT2D eigenvalue weighted by Gasteiger charge is -2.30. The molecule has 0 radical (unpaired) electrons. The van der Waals surface area contributed by atoms with Gasteiger partial charge in [0.15, 0.2) is 5.70 Å². The van der Waals surface area contributed by atoms with E-state index in [2.05, 4.69) is 0 Å². The molecule has 6 nitrogen and oxygen atoms in total. The first kappa shape index (κ1) is 21.0. The van der Waals surface area contributed by atoms with Crippen molar-refractivity contribution in [1.29, 1.82) is 0 Å². The predicted octanol–water partition coefficient (Wildman–Crippen LogP) is 3.32. The maximum Gasteiger partial charge on any atom is 0.737 e. The summed E-state index contributed by atoms with van der Waals surface area (Å²) in [6.07, 6.45) is 2.09. The Morgan fingerprint density at radius 3 is 2.48 bits per heavy atom. The number of ether oxygens (including phenoxy) is 2. The lowest BCUT2D eigenvalue weighted by atomic mass is 9.90. The van der Waals surface area contributed by atoms with E-state index < -0.39 is 18.9 Å². The second kappa shape index (κ2) is 7.48. The number of rotatable bonds is 5. The van der Waals surface area contributed by atoms with Gasteiger partial charge in [0.05, 0.1) is 24.8 Å². The molecule has 0 N–H and O–H groups in total. The largest absolute Gasteiger partial charge is 0.737 e. The van der Waals surface area contributed by atoms with Crippen molar-refractivity contribution in [3.63, 3.8) is 0 Å². The number of hydrogen-bond acceptors (Lipinski definition) is 4. The van der Waals surface area contributed by atoms with Gasteiger partial charge in [-0.05, 0) is 56.1 Å². The molecule has 9 heteroatoms. The number of esters is 2. The molecule has 0 saturated heterocycles. The number of methoxy groups -OCH3 is 1. The first-order valence-electron chi connectivity index (χ1n) is 10.2. The fraction of sp³-hybridized carbons (Fsp3) is 0.318. The van der Waals surface area contributed by atoms with E-state index in [9.17, 15) is 9.59 Å².